The molecule has 1 amide bonds. The first-order valence-electron chi connectivity index (χ1n) is 9.34. The molecule has 164 valence electrons. The molecule has 0 unspecified atom stereocenters. The van der Waals surface area contributed by atoms with Gasteiger partial charge in [-0.25, -0.2) is 19.2 Å². The van der Waals surface area contributed by atoms with E-state index >= 15 is 0 Å². The molecular weight excluding hydrogens is 407 g/mol. The predicted octanol–water partition coefficient (Wildman–Crippen LogP) is 2.04. The molecule has 0 fully saturated rings. The first-order valence-corrected chi connectivity index (χ1v) is 9.34. The Morgan fingerprint density at radius 2 is 2.00 bits per heavy atom. The molecule has 2 N–H and O–H groups in total. The molecule has 3 aromatic rings. The van der Waals surface area contributed by atoms with Gasteiger partial charge in [-0.1, -0.05) is 19.1 Å². The van der Waals surface area contributed by atoms with Gasteiger partial charge >= 0.3 is 5.97 Å². The molecule has 0 aliphatic carbocycles. The van der Waals surface area contributed by atoms with E-state index in [0.29, 0.717) is 29.6 Å². The zero-order chi connectivity index (χ0) is 23.0. The number of ether oxygens (including phenoxy) is 2. The summed E-state index contributed by atoms with van der Waals surface area (Å²) in [6.45, 7) is 3.37. The highest BCUT2D eigenvalue weighted by Crippen LogP contribution is 2.32. The molecule has 2 heterocycles. The summed E-state index contributed by atoms with van der Waals surface area (Å²) in [5, 5.41) is 0.437. The molecule has 31 heavy (non-hydrogen) atoms. The van der Waals surface area contributed by atoms with E-state index in [1.807, 2.05) is 11.5 Å². The molecule has 0 saturated heterocycles. The fraction of sp³-hybridized carbons (Fsp3) is 0.286. The average molecular weight is 430 g/mol. The highest BCUT2D eigenvalue weighted by Gasteiger charge is 2.24. The van der Waals surface area contributed by atoms with Gasteiger partial charge in [-0.05, 0) is 31.0 Å². The van der Waals surface area contributed by atoms with Crippen LogP contribution in [-0.4, -0.2) is 46.4 Å². The van der Waals surface area contributed by atoms with Crippen molar-refractivity contribution in [2.45, 2.75) is 26.8 Å². The Morgan fingerprint density at radius 1 is 1.29 bits per heavy atom. The second kappa shape index (κ2) is 10.8. The number of Topliss-reactive ketones (excluding diaryl/α,β-unsaturated/α-hetero) is 1. The van der Waals surface area contributed by atoms with Crippen molar-refractivity contribution < 1.29 is 28.2 Å². The molecule has 2 aromatic heterocycles. The van der Waals surface area contributed by atoms with E-state index in [-0.39, 0.29) is 30.5 Å². The standard InChI is InChI=1S/C20H20FN3O4.CH3NO/c1-4-15-17(12(2)25)18-19(22-11-23-20(18)28-10-16(26)27-3)24(15)9-13-6-5-7-14(21)8-13;2-1-3/h5-8,11H,4,9-10H2,1-3H3;1H,(H2,2,3). The van der Waals surface area contributed by atoms with E-state index in [1.54, 1.807) is 12.1 Å². The van der Waals surface area contributed by atoms with Crippen LogP contribution in [-0.2, 0) is 27.3 Å². The number of hydrogen-bond acceptors (Lipinski definition) is 7. The van der Waals surface area contributed by atoms with Gasteiger partial charge in [-0.3, -0.25) is 9.59 Å². The second-order valence-electron chi connectivity index (χ2n) is 6.33. The third-order valence-electron chi connectivity index (χ3n) is 4.38. The monoisotopic (exact) mass is 430 g/mol. The lowest BCUT2D eigenvalue weighted by atomic mass is 10.1. The molecule has 0 bridgehead atoms. The number of rotatable bonds is 7. The van der Waals surface area contributed by atoms with Gasteiger partial charge < -0.3 is 19.8 Å². The van der Waals surface area contributed by atoms with Gasteiger partial charge in [0.25, 0.3) is 0 Å². The lowest BCUT2D eigenvalue weighted by molar-refractivity contribution is -0.143. The van der Waals surface area contributed by atoms with E-state index in [0.717, 1.165) is 11.3 Å². The third-order valence-corrected chi connectivity index (χ3v) is 4.38. The Morgan fingerprint density at radius 3 is 2.58 bits per heavy atom. The SMILES string of the molecule is CCc1c(C(C)=O)c2c(OCC(=O)OC)ncnc2n1Cc1cccc(F)c1.NC=O. The van der Waals surface area contributed by atoms with Gasteiger partial charge in [-0.2, -0.15) is 0 Å². The van der Waals surface area contributed by atoms with E-state index in [4.69, 9.17) is 9.53 Å². The average Bonchev–Trinajstić information content (AvgIpc) is 3.06. The normalized spacial score (nSPS) is 10.2. The zero-order valence-electron chi connectivity index (χ0n) is 17.4. The molecule has 0 radical (unpaired) electrons. The third kappa shape index (κ3) is 5.41. The molecule has 0 aliphatic heterocycles. The molecule has 0 spiro atoms. The minimum atomic E-state index is -0.564. The highest BCUT2D eigenvalue weighted by molar-refractivity contribution is 6.09. The van der Waals surface area contributed by atoms with Crippen molar-refractivity contribution in [2.24, 2.45) is 5.73 Å². The minimum Gasteiger partial charge on any atom is -0.466 e. The summed E-state index contributed by atoms with van der Waals surface area (Å²) in [5.41, 5.74) is 6.57. The maximum Gasteiger partial charge on any atom is 0.343 e. The summed E-state index contributed by atoms with van der Waals surface area (Å²) in [6, 6.07) is 6.25. The molecule has 1 aromatic carbocycles. The number of benzene rings is 1. The minimum absolute atomic E-state index is 0.133. The number of ketones is 1. The number of carbonyl (C=O) groups excluding carboxylic acids is 3. The van der Waals surface area contributed by atoms with Crippen LogP contribution in [0.2, 0.25) is 0 Å². The van der Waals surface area contributed by atoms with Crippen LogP contribution >= 0.6 is 0 Å². The van der Waals surface area contributed by atoms with Crippen LogP contribution in [0.1, 0.15) is 35.5 Å². The molecule has 3 rings (SSSR count). The van der Waals surface area contributed by atoms with Crippen molar-refractivity contribution in [3.63, 3.8) is 0 Å². The fourth-order valence-electron chi connectivity index (χ4n) is 3.22. The topological polar surface area (TPSA) is 126 Å². The molecule has 0 aliphatic rings. The van der Waals surface area contributed by atoms with E-state index in [9.17, 15) is 14.0 Å². The molecule has 0 atom stereocenters. The summed E-state index contributed by atoms with van der Waals surface area (Å²) >= 11 is 0. The summed E-state index contributed by atoms with van der Waals surface area (Å²) in [7, 11) is 1.26. The van der Waals surface area contributed by atoms with Gasteiger partial charge in [0.15, 0.2) is 12.4 Å². The number of nitrogens with two attached hydrogens (primary N) is 1. The molecule has 10 heteroatoms. The number of carbonyl (C=O) groups is 3. The Bertz CT molecular complexity index is 1100. The number of methoxy groups -OCH3 is 1. The number of primary amides is 1. The lowest BCUT2D eigenvalue weighted by Crippen LogP contribution is -2.13. The number of esters is 1. The van der Waals surface area contributed by atoms with Crippen molar-refractivity contribution in [1.82, 2.24) is 14.5 Å². The van der Waals surface area contributed by atoms with Gasteiger partial charge in [0.05, 0.1) is 18.1 Å². The van der Waals surface area contributed by atoms with Crippen molar-refractivity contribution in [2.75, 3.05) is 13.7 Å². The fourth-order valence-corrected chi connectivity index (χ4v) is 3.22. The summed E-state index contributed by atoms with van der Waals surface area (Å²) in [6.07, 6.45) is 2.11. The Balaban J connectivity index is 0.00000107. The van der Waals surface area contributed by atoms with Crippen LogP contribution in [0.3, 0.4) is 0 Å². The molecule has 9 nitrogen and oxygen atoms in total. The molecule has 0 saturated carbocycles. The molecular formula is C21H23FN4O5. The predicted molar refractivity (Wildman–Crippen MR) is 110 cm³/mol. The van der Waals surface area contributed by atoms with Gasteiger partial charge in [0.2, 0.25) is 12.3 Å². The smallest absolute Gasteiger partial charge is 0.343 e. The van der Waals surface area contributed by atoms with Crippen molar-refractivity contribution in [3.8, 4) is 5.88 Å². The van der Waals surface area contributed by atoms with Crippen LogP contribution in [0.4, 0.5) is 4.39 Å². The largest absolute Gasteiger partial charge is 0.466 e. The quantitative estimate of drug-likeness (QED) is 0.345. The van der Waals surface area contributed by atoms with E-state index < -0.39 is 5.97 Å². The number of hydrogen-bond donors (Lipinski definition) is 1. The van der Waals surface area contributed by atoms with Crippen molar-refractivity contribution in [3.05, 3.63) is 53.2 Å². The van der Waals surface area contributed by atoms with Crippen molar-refractivity contribution >= 4 is 29.2 Å². The number of amides is 1. The lowest BCUT2D eigenvalue weighted by Gasteiger charge is -2.10. The Labute approximate surface area is 178 Å². The number of fused-ring (bicyclic) bond motifs is 1. The maximum absolute atomic E-state index is 13.6. The van der Waals surface area contributed by atoms with Crippen LogP contribution in [0, 0.1) is 5.82 Å². The van der Waals surface area contributed by atoms with Crippen molar-refractivity contribution in [1.29, 1.82) is 0 Å². The van der Waals surface area contributed by atoms with Gasteiger partial charge in [0, 0.05) is 12.2 Å². The summed E-state index contributed by atoms with van der Waals surface area (Å²) < 4.78 is 25.6. The van der Waals surface area contributed by atoms with Gasteiger partial charge in [-0.15, -0.1) is 0 Å². The van der Waals surface area contributed by atoms with E-state index in [2.05, 4.69) is 20.4 Å². The highest BCUT2D eigenvalue weighted by atomic mass is 19.1. The van der Waals surface area contributed by atoms with E-state index in [1.165, 1.54) is 32.5 Å². The number of halogens is 1. The van der Waals surface area contributed by atoms with Crippen LogP contribution < -0.4 is 10.5 Å². The Kier molecular flexibility index (Phi) is 8.18. The van der Waals surface area contributed by atoms with Crippen LogP contribution in [0.15, 0.2) is 30.6 Å². The summed E-state index contributed by atoms with van der Waals surface area (Å²) in [5.74, 6) is -0.938. The van der Waals surface area contributed by atoms with Crippen LogP contribution in [0.25, 0.3) is 11.0 Å². The number of aromatic nitrogens is 3. The number of nitrogens with zero attached hydrogens (tertiary/aromatic N) is 3. The van der Waals surface area contributed by atoms with Gasteiger partial charge in [0.1, 0.15) is 17.8 Å². The second-order valence-corrected chi connectivity index (χ2v) is 6.33. The van der Waals surface area contributed by atoms with Crippen LogP contribution in [0.5, 0.6) is 5.88 Å². The maximum atomic E-state index is 13.6. The first-order chi connectivity index (χ1) is 14.9. The zero-order valence-corrected chi connectivity index (χ0v) is 17.4. The summed E-state index contributed by atoms with van der Waals surface area (Å²) in [4.78, 5) is 40.9. The first kappa shape index (κ1) is 23.5. The Hall–Kier alpha value is -3.82.